The van der Waals surface area contributed by atoms with E-state index in [0.717, 1.165) is 12.8 Å². The van der Waals surface area contributed by atoms with Crippen LogP contribution >= 0.6 is 0 Å². The van der Waals surface area contributed by atoms with E-state index < -0.39 is 5.97 Å². The minimum atomic E-state index is -0.454. The third kappa shape index (κ3) is 2.82. The first kappa shape index (κ1) is 13.6. The lowest BCUT2D eigenvalue weighted by atomic mass is 10.1. The Bertz CT molecular complexity index is 372. The highest BCUT2D eigenvalue weighted by molar-refractivity contribution is 5.88. The van der Waals surface area contributed by atoms with Gasteiger partial charge in [0, 0.05) is 6.54 Å². The first-order valence-electron chi connectivity index (χ1n) is 6.00. The van der Waals surface area contributed by atoms with Gasteiger partial charge in [0.2, 0.25) is 0 Å². The van der Waals surface area contributed by atoms with Crippen molar-refractivity contribution in [1.29, 1.82) is 0 Å². The third-order valence-corrected chi connectivity index (χ3v) is 2.74. The Labute approximate surface area is 101 Å². The number of ether oxygens (including phenoxy) is 1. The molecule has 0 aromatic carbocycles. The molecule has 0 unspecified atom stereocenters. The number of hydrogen-bond acceptors (Lipinski definition) is 5. The van der Waals surface area contributed by atoms with E-state index in [2.05, 4.69) is 24.2 Å². The number of rotatable bonds is 6. The fourth-order valence-corrected chi connectivity index (χ4v) is 1.79. The summed E-state index contributed by atoms with van der Waals surface area (Å²) in [6.45, 7) is 6.45. The molecule has 1 heterocycles. The minimum Gasteiger partial charge on any atom is -0.461 e. The summed E-state index contributed by atoms with van der Waals surface area (Å²) in [5.74, 6) is -0.454. The fourth-order valence-electron chi connectivity index (χ4n) is 1.79. The molecule has 0 atom stereocenters. The summed E-state index contributed by atoms with van der Waals surface area (Å²) in [7, 11) is 0. The molecule has 0 saturated carbocycles. The molecule has 6 nitrogen and oxygen atoms in total. The minimum absolute atomic E-state index is 0.226. The summed E-state index contributed by atoms with van der Waals surface area (Å²) in [6, 6.07) is 0.226. The van der Waals surface area contributed by atoms with Crippen molar-refractivity contribution < 1.29 is 9.53 Å². The summed E-state index contributed by atoms with van der Waals surface area (Å²) in [5, 5.41) is 7.90. The van der Waals surface area contributed by atoms with Gasteiger partial charge >= 0.3 is 5.97 Å². The zero-order chi connectivity index (χ0) is 12.8. The molecule has 0 aliphatic carbocycles. The molecule has 0 radical (unpaired) electrons. The Morgan fingerprint density at radius 1 is 1.41 bits per heavy atom. The van der Waals surface area contributed by atoms with E-state index in [-0.39, 0.29) is 18.3 Å². The SMILES string of the molecule is CCOC(=O)c1nnn(C(CC)CC)c1CN. The van der Waals surface area contributed by atoms with Gasteiger partial charge in [-0.1, -0.05) is 19.1 Å². The molecule has 0 bridgehead atoms. The van der Waals surface area contributed by atoms with Crippen LogP contribution in [0.15, 0.2) is 0 Å². The van der Waals surface area contributed by atoms with Crippen LogP contribution in [0.25, 0.3) is 0 Å². The smallest absolute Gasteiger partial charge is 0.360 e. The van der Waals surface area contributed by atoms with Crippen LogP contribution in [0.4, 0.5) is 0 Å². The Kier molecular flexibility index (Phi) is 5.09. The first-order valence-corrected chi connectivity index (χ1v) is 6.00. The topological polar surface area (TPSA) is 83.0 Å². The van der Waals surface area contributed by atoms with Crippen LogP contribution in [0.3, 0.4) is 0 Å². The van der Waals surface area contributed by atoms with Crippen LogP contribution in [0, 0.1) is 0 Å². The van der Waals surface area contributed by atoms with Crippen molar-refractivity contribution >= 4 is 5.97 Å². The van der Waals surface area contributed by atoms with Gasteiger partial charge in [0.25, 0.3) is 0 Å². The van der Waals surface area contributed by atoms with E-state index in [1.54, 1.807) is 11.6 Å². The van der Waals surface area contributed by atoms with E-state index in [9.17, 15) is 4.79 Å². The Morgan fingerprint density at radius 3 is 2.53 bits per heavy atom. The second-order valence-electron chi connectivity index (χ2n) is 3.72. The van der Waals surface area contributed by atoms with Crippen molar-refractivity contribution in [2.45, 2.75) is 46.2 Å². The van der Waals surface area contributed by atoms with E-state index in [1.165, 1.54) is 0 Å². The average molecular weight is 240 g/mol. The zero-order valence-electron chi connectivity index (χ0n) is 10.6. The number of esters is 1. The van der Waals surface area contributed by atoms with Crippen LogP contribution in [0.2, 0.25) is 0 Å². The van der Waals surface area contributed by atoms with Gasteiger partial charge in [-0.3, -0.25) is 0 Å². The zero-order valence-corrected chi connectivity index (χ0v) is 10.6. The third-order valence-electron chi connectivity index (χ3n) is 2.74. The number of nitrogens with zero attached hydrogens (tertiary/aromatic N) is 3. The molecule has 1 aromatic heterocycles. The molecule has 0 aliphatic rings. The van der Waals surface area contributed by atoms with Gasteiger partial charge in [-0.25, -0.2) is 9.48 Å². The van der Waals surface area contributed by atoms with Crippen molar-refractivity contribution in [3.8, 4) is 0 Å². The molecular formula is C11H20N4O2. The van der Waals surface area contributed by atoms with Crippen LogP contribution in [0.5, 0.6) is 0 Å². The molecule has 1 aromatic rings. The Hall–Kier alpha value is -1.43. The molecule has 96 valence electrons. The molecule has 0 saturated heterocycles. The highest BCUT2D eigenvalue weighted by Gasteiger charge is 2.22. The van der Waals surface area contributed by atoms with Gasteiger partial charge in [-0.2, -0.15) is 0 Å². The number of aromatic nitrogens is 3. The first-order chi connectivity index (χ1) is 8.19. The van der Waals surface area contributed by atoms with Crippen molar-refractivity contribution in [3.63, 3.8) is 0 Å². The van der Waals surface area contributed by atoms with Gasteiger partial charge in [0.05, 0.1) is 18.3 Å². The van der Waals surface area contributed by atoms with Crippen LogP contribution in [-0.4, -0.2) is 27.6 Å². The number of carbonyl (C=O) groups is 1. The molecule has 1 rings (SSSR count). The van der Waals surface area contributed by atoms with E-state index in [1.807, 2.05) is 0 Å². The summed E-state index contributed by atoms with van der Waals surface area (Å²) in [4.78, 5) is 11.6. The Morgan fingerprint density at radius 2 is 2.06 bits per heavy atom. The van der Waals surface area contributed by atoms with Gasteiger partial charge in [0.1, 0.15) is 0 Å². The highest BCUT2D eigenvalue weighted by Crippen LogP contribution is 2.18. The van der Waals surface area contributed by atoms with Crippen molar-refractivity contribution in [2.24, 2.45) is 5.73 Å². The monoisotopic (exact) mass is 240 g/mol. The fraction of sp³-hybridized carbons (Fsp3) is 0.727. The molecule has 0 spiro atoms. The summed E-state index contributed by atoms with van der Waals surface area (Å²) in [6.07, 6.45) is 1.85. The predicted octanol–water partition coefficient (Wildman–Crippen LogP) is 1.27. The van der Waals surface area contributed by atoms with Crippen LogP contribution in [0.1, 0.15) is 55.8 Å². The van der Waals surface area contributed by atoms with E-state index in [4.69, 9.17) is 10.5 Å². The molecule has 0 amide bonds. The lowest BCUT2D eigenvalue weighted by Gasteiger charge is -2.14. The van der Waals surface area contributed by atoms with Crippen molar-refractivity contribution in [1.82, 2.24) is 15.0 Å². The predicted molar refractivity (Wildman–Crippen MR) is 63.5 cm³/mol. The highest BCUT2D eigenvalue weighted by atomic mass is 16.5. The molecular weight excluding hydrogens is 220 g/mol. The standard InChI is InChI=1S/C11H20N4O2/c1-4-8(5-2)15-9(7-12)10(13-14-15)11(16)17-6-3/h8H,4-7,12H2,1-3H3. The second kappa shape index (κ2) is 6.34. The molecule has 17 heavy (non-hydrogen) atoms. The number of carbonyl (C=O) groups excluding carboxylic acids is 1. The lowest BCUT2D eigenvalue weighted by Crippen LogP contribution is -2.17. The summed E-state index contributed by atoms with van der Waals surface area (Å²) >= 11 is 0. The van der Waals surface area contributed by atoms with Crippen LogP contribution in [-0.2, 0) is 11.3 Å². The maximum absolute atomic E-state index is 11.6. The van der Waals surface area contributed by atoms with Crippen molar-refractivity contribution in [3.05, 3.63) is 11.4 Å². The number of nitrogens with two attached hydrogens (primary N) is 1. The van der Waals surface area contributed by atoms with Crippen molar-refractivity contribution in [2.75, 3.05) is 6.61 Å². The van der Waals surface area contributed by atoms with Gasteiger partial charge in [0.15, 0.2) is 5.69 Å². The quantitative estimate of drug-likeness (QED) is 0.757. The maximum atomic E-state index is 11.6. The van der Waals surface area contributed by atoms with Gasteiger partial charge < -0.3 is 10.5 Å². The molecule has 6 heteroatoms. The normalized spacial score (nSPS) is 10.9. The number of hydrogen-bond donors (Lipinski definition) is 1. The van der Waals surface area contributed by atoms with E-state index in [0.29, 0.717) is 12.3 Å². The van der Waals surface area contributed by atoms with E-state index >= 15 is 0 Å². The van der Waals surface area contributed by atoms with Gasteiger partial charge in [-0.05, 0) is 19.8 Å². The summed E-state index contributed by atoms with van der Waals surface area (Å²) in [5.41, 5.74) is 6.56. The molecule has 0 fully saturated rings. The summed E-state index contributed by atoms with van der Waals surface area (Å²) < 4.78 is 6.66. The Balaban J connectivity index is 3.06. The molecule has 0 aliphatic heterocycles. The average Bonchev–Trinajstić information content (AvgIpc) is 2.75. The van der Waals surface area contributed by atoms with Crippen LogP contribution < -0.4 is 5.73 Å². The molecule has 2 N–H and O–H groups in total. The maximum Gasteiger partial charge on any atom is 0.360 e. The second-order valence-corrected chi connectivity index (χ2v) is 3.72. The van der Waals surface area contributed by atoms with Gasteiger partial charge in [-0.15, -0.1) is 5.10 Å². The lowest BCUT2D eigenvalue weighted by molar-refractivity contribution is 0.0518. The largest absolute Gasteiger partial charge is 0.461 e.